The Bertz CT molecular complexity index is 836. The number of nitrogens with zero attached hydrogens (tertiary/aromatic N) is 1. The summed E-state index contributed by atoms with van der Waals surface area (Å²) in [6.45, 7) is 3.20. The minimum atomic E-state index is -0.860. The molecule has 26 heavy (non-hydrogen) atoms. The highest BCUT2D eigenvalue weighted by Crippen LogP contribution is 2.40. The molecule has 1 unspecified atom stereocenters. The van der Waals surface area contributed by atoms with E-state index in [-0.39, 0.29) is 0 Å². The third kappa shape index (κ3) is 3.73. The summed E-state index contributed by atoms with van der Waals surface area (Å²) in [4.78, 5) is 13.6. The van der Waals surface area contributed by atoms with E-state index in [1.54, 1.807) is 6.07 Å². The topological polar surface area (TPSA) is 40.5 Å². The Kier molecular flexibility index (Phi) is 5.58. The lowest BCUT2D eigenvalue weighted by atomic mass is 9.88. The molecular formula is C23H27NO2. The standard InChI is InChI=1S/C23H27NO2/c1-4-16-14-18-15-17(23(25)26)11-12-20(18)22(10-7-13-24(2)3)21-9-6-5-8-19(16)21/h5-6,8-12,15-16H,4,7,13-14H2,1-3H3,(H,25,26)/b22-10-. The molecule has 1 atom stereocenters. The van der Waals surface area contributed by atoms with Gasteiger partial charge in [-0.15, -0.1) is 0 Å². The molecule has 3 rings (SSSR count). The largest absolute Gasteiger partial charge is 0.478 e. The maximum absolute atomic E-state index is 11.5. The van der Waals surface area contributed by atoms with Crippen molar-refractivity contribution in [1.82, 2.24) is 4.90 Å². The summed E-state index contributed by atoms with van der Waals surface area (Å²) in [6.07, 6.45) is 5.21. The first-order valence-corrected chi connectivity index (χ1v) is 9.32. The van der Waals surface area contributed by atoms with Crippen LogP contribution in [-0.2, 0) is 6.42 Å². The van der Waals surface area contributed by atoms with E-state index in [2.05, 4.69) is 56.3 Å². The van der Waals surface area contributed by atoms with Gasteiger partial charge in [0.2, 0.25) is 0 Å². The van der Waals surface area contributed by atoms with Gasteiger partial charge in [-0.05, 0) is 79.2 Å². The van der Waals surface area contributed by atoms with Gasteiger partial charge >= 0.3 is 5.97 Å². The summed E-state index contributed by atoms with van der Waals surface area (Å²) >= 11 is 0. The van der Waals surface area contributed by atoms with Crippen molar-refractivity contribution in [1.29, 1.82) is 0 Å². The fourth-order valence-corrected chi connectivity index (χ4v) is 3.83. The monoisotopic (exact) mass is 349 g/mol. The first-order chi connectivity index (χ1) is 12.5. The molecular weight excluding hydrogens is 322 g/mol. The van der Waals surface area contributed by atoms with Crippen LogP contribution in [0.25, 0.3) is 5.57 Å². The predicted octanol–water partition coefficient (Wildman–Crippen LogP) is 4.82. The molecule has 3 nitrogen and oxygen atoms in total. The van der Waals surface area contributed by atoms with E-state index >= 15 is 0 Å². The summed E-state index contributed by atoms with van der Waals surface area (Å²) in [5, 5.41) is 9.40. The van der Waals surface area contributed by atoms with Gasteiger partial charge in [0.15, 0.2) is 0 Å². The van der Waals surface area contributed by atoms with Gasteiger partial charge in [0.25, 0.3) is 0 Å². The quantitative estimate of drug-likeness (QED) is 0.841. The average Bonchev–Trinajstić information content (AvgIpc) is 2.76. The van der Waals surface area contributed by atoms with Crippen LogP contribution in [-0.4, -0.2) is 36.6 Å². The third-order valence-corrected chi connectivity index (χ3v) is 5.22. The Morgan fingerprint density at radius 2 is 1.96 bits per heavy atom. The number of aromatic carboxylic acids is 1. The lowest BCUT2D eigenvalue weighted by Crippen LogP contribution is -2.12. The molecule has 0 saturated carbocycles. The molecule has 1 aliphatic carbocycles. The first-order valence-electron chi connectivity index (χ1n) is 9.32. The maximum Gasteiger partial charge on any atom is 0.335 e. The van der Waals surface area contributed by atoms with Crippen LogP contribution in [0.3, 0.4) is 0 Å². The van der Waals surface area contributed by atoms with Crippen LogP contribution in [0.2, 0.25) is 0 Å². The number of rotatable bonds is 5. The fourth-order valence-electron chi connectivity index (χ4n) is 3.83. The van der Waals surface area contributed by atoms with Gasteiger partial charge in [0.1, 0.15) is 0 Å². The predicted molar refractivity (Wildman–Crippen MR) is 107 cm³/mol. The van der Waals surface area contributed by atoms with Crippen molar-refractivity contribution in [3.8, 4) is 0 Å². The van der Waals surface area contributed by atoms with E-state index in [1.165, 1.54) is 22.3 Å². The van der Waals surface area contributed by atoms with Gasteiger partial charge in [-0.25, -0.2) is 4.79 Å². The van der Waals surface area contributed by atoms with Gasteiger partial charge in [-0.2, -0.15) is 0 Å². The smallest absolute Gasteiger partial charge is 0.335 e. The normalized spacial score (nSPS) is 17.7. The van der Waals surface area contributed by atoms with Crippen LogP contribution in [0.1, 0.15) is 58.3 Å². The fraction of sp³-hybridized carbons (Fsp3) is 0.348. The summed E-state index contributed by atoms with van der Waals surface area (Å²) in [7, 11) is 4.17. The van der Waals surface area contributed by atoms with E-state index in [4.69, 9.17) is 0 Å². The molecule has 0 radical (unpaired) electrons. The van der Waals surface area contributed by atoms with Gasteiger partial charge in [-0.3, -0.25) is 0 Å². The average molecular weight is 349 g/mol. The molecule has 136 valence electrons. The Hall–Kier alpha value is -2.39. The summed E-state index contributed by atoms with van der Waals surface area (Å²) in [6, 6.07) is 14.2. The number of carboxylic acids is 1. The van der Waals surface area contributed by atoms with Crippen molar-refractivity contribution < 1.29 is 9.90 Å². The molecule has 0 spiro atoms. The zero-order valence-corrected chi connectivity index (χ0v) is 15.8. The minimum Gasteiger partial charge on any atom is -0.478 e. The Morgan fingerprint density at radius 3 is 2.65 bits per heavy atom. The summed E-state index contributed by atoms with van der Waals surface area (Å²) < 4.78 is 0. The molecule has 3 heteroatoms. The van der Waals surface area contributed by atoms with Gasteiger partial charge in [-0.1, -0.05) is 43.3 Å². The van der Waals surface area contributed by atoms with Crippen LogP contribution >= 0.6 is 0 Å². The van der Waals surface area contributed by atoms with Crippen molar-refractivity contribution >= 4 is 11.5 Å². The lowest BCUT2D eigenvalue weighted by molar-refractivity contribution is 0.0696. The van der Waals surface area contributed by atoms with Gasteiger partial charge < -0.3 is 10.0 Å². The van der Waals surface area contributed by atoms with Crippen molar-refractivity contribution in [2.45, 2.75) is 32.1 Å². The van der Waals surface area contributed by atoms with E-state index in [0.29, 0.717) is 11.5 Å². The van der Waals surface area contributed by atoms with Crippen LogP contribution in [0.15, 0.2) is 48.5 Å². The van der Waals surface area contributed by atoms with Crippen LogP contribution in [0, 0.1) is 0 Å². The SMILES string of the molecule is CCC1Cc2cc(C(=O)O)ccc2/C(=C/CCN(C)C)c2ccccc21. The summed E-state index contributed by atoms with van der Waals surface area (Å²) in [5.41, 5.74) is 6.60. The number of carboxylic acid groups (broad SMARTS) is 1. The molecule has 0 aliphatic heterocycles. The van der Waals surface area contributed by atoms with Gasteiger partial charge in [0, 0.05) is 6.54 Å². The van der Waals surface area contributed by atoms with Crippen molar-refractivity contribution in [2.75, 3.05) is 20.6 Å². The van der Waals surface area contributed by atoms with Gasteiger partial charge in [0.05, 0.1) is 5.56 Å². The molecule has 2 aromatic carbocycles. The Morgan fingerprint density at radius 1 is 1.19 bits per heavy atom. The molecule has 0 bridgehead atoms. The first kappa shape index (κ1) is 18.4. The second kappa shape index (κ2) is 7.88. The Labute approximate surface area is 156 Å². The molecule has 1 aliphatic rings. The van der Waals surface area contributed by atoms with E-state index in [1.807, 2.05) is 12.1 Å². The lowest BCUT2D eigenvalue weighted by Gasteiger charge is -2.16. The van der Waals surface area contributed by atoms with E-state index in [9.17, 15) is 9.90 Å². The molecule has 0 saturated heterocycles. The van der Waals surface area contributed by atoms with Crippen molar-refractivity contribution in [3.63, 3.8) is 0 Å². The maximum atomic E-state index is 11.5. The number of benzene rings is 2. The second-order valence-electron chi connectivity index (χ2n) is 7.28. The van der Waals surface area contributed by atoms with E-state index in [0.717, 1.165) is 31.4 Å². The highest BCUT2D eigenvalue weighted by Gasteiger charge is 2.24. The van der Waals surface area contributed by atoms with E-state index < -0.39 is 5.97 Å². The second-order valence-corrected chi connectivity index (χ2v) is 7.28. The highest BCUT2D eigenvalue weighted by atomic mass is 16.4. The zero-order valence-electron chi connectivity index (χ0n) is 15.8. The molecule has 2 aromatic rings. The molecule has 0 amide bonds. The van der Waals surface area contributed by atoms with Crippen molar-refractivity contribution in [2.24, 2.45) is 0 Å². The molecule has 1 N–H and O–H groups in total. The Balaban J connectivity index is 2.17. The highest BCUT2D eigenvalue weighted by molar-refractivity contribution is 5.90. The van der Waals surface area contributed by atoms with Crippen LogP contribution in [0.5, 0.6) is 0 Å². The molecule has 0 aromatic heterocycles. The number of hydrogen-bond acceptors (Lipinski definition) is 2. The van der Waals surface area contributed by atoms with Crippen molar-refractivity contribution in [3.05, 3.63) is 76.4 Å². The number of fused-ring (bicyclic) bond motifs is 2. The molecule has 0 heterocycles. The third-order valence-electron chi connectivity index (χ3n) is 5.22. The molecule has 0 fully saturated rings. The minimum absolute atomic E-state index is 0.372. The zero-order chi connectivity index (χ0) is 18.7. The number of hydrogen-bond donors (Lipinski definition) is 1. The number of carbonyl (C=O) groups is 1. The summed E-state index contributed by atoms with van der Waals surface area (Å²) in [5.74, 6) is -0.450. The van der Waals surface area contributed by atoms with Crippen LogP contribution < -0.4 is 0 Å². The van der Waals surface area contributed by atoms with Crippen LogP contribution in [0.4, 0.5) is 0 Å².